The van der Waals surface area contributed by atoms with Crippen LogP contribution in [0.5, 0.6) is 11.5 Å². The molecule has 0 saturated carbocycles. The third-order valence-corrected chi connectivity index (χ3v) is 7.50. The number of hydrogen-bond acceptors (Lipinski definition) is 7. The third-order valence-electron chi connectivity index (χ3n) is 7.50. The molecule has 0 radical (unpaired) electrons. The van der Waals surface area contributed by atoms with Crippen molar-refractivity contribution in [1.82, 2.24) is 5.32 Å². The molecule has 2 N–H and O–H groups in total. The number of ketones is 1. The van der Waals surface area contributed by atoms with Crippen LogP contribution in [0.25, 0.3) is 0 Å². The molecule has 194 valence electrons. The third kappa shape index (κ3) is 5.14. The number of phenolic OH excluding ortho intramolecular Hbond substituents is 1. The Morgan fingerprint density at radius 1 is 1.08 bits per heavy atom. The van der Waals surface area contributed by atoms with E-state index in [1.54, 1.807) is 25.3 Å². The molecule has 2 aromatic carbocycles. The Morgan fingerprint density at radius 3 is 2.73 bits per heavy atom. The minimum atomic E-state index is -0.621. The molecule has 7 nitrogen and oxygen atoms in total. The zero-order valence-corrected chi connectivity index (χ0v) is 21.3. The molecule has 0 amide bonds. The SMILES string of the molecule is COc1ccccc1C1CC(=O)C2=C(C1)NC(C)=C(C(=O)OC1CCCOCC1)C2c1cccc(O)c1. The van der Waals surface area contributed by atoms with Crippen molar-refractivity contribution in [3.8, 4) is 11.5 Å². The van der Waals surface area contributed by atoms with Gasteiger partial charge in [0.1, 0.15) is 17.6 Å². The van der Waals surface area contributed by atoms with Crippen molar-refractivity contribution < 1.29 is 28.9 Å². The van der Waals surface area contributed by atoms with Crippen LogP contribution in [0, 0.1) is 0 Å². The lowest BCUT2D eigenvalue weighted by Gasteiger charge is -2.37. The summed E-state index contributed by atoms with van der Waals surface area (Å²) < 4.78 is 17.1. The molecule has 0 spiro atoms. The summed E-state index contributed by atoms with van der Waals surface area (Å²) in [4.78, 5) is 27.4. The van der Waals surface area contributed by atoms with Gasteiger partial charge < -0.3 is 24.6 Å². The van der Waals surface area contributed by atoms with Gasteiger partial charge in [0.25, 0.3) is 0 Å². The highest BCUT2D eigenvalue weighted by molar-refractivity contribution is 6.04. The molecular formula is C30H33NO6. The molecule has 2 heterocycles. The van der Waals surface area contributed by atoms with Gasteiger partial charge in [-0.15, -0.1) is 0 Å². The summed E-state index contributed by atoms with van der Waals surface area (Å²) in [5, 5.41) is 13.7. The minimum absolute atomic E-state index is 0.0290. The maximum Gasteiger partial charge on any atom is 0.337 e. The average molecular weight is 504 g/mol. The molecule has 0 aromatic heterocycles. The molecule has 3 aliphatic rings. The fraction of sp³-hybridized carbons (Fsp3) is 0.400. The molecule has 2 aliphatic heterocycles. The summed E-state index contributed by atoms with van der Waals surface area (Å²) >= 11 is 0. The fourth-order valence-electron chi connectivity index (χ4n) is 5.78. The van der Waals surface area contributed by atoms with Crippen LogP contribution in [0.1, 0.15) is 62.0 Å². The number of aromatic hydroxyl groups is 1. The van der Waals surface area contributed by atoms with Gasteiger partial charge in [-0.3, -0.25) is 4.79 Å². The van der Waals surface area contributed by atoms with Gasteiger partial charge in [-0.25, -0.2) is 4.79 Å². The van der Waals surface area contributed by atoms with Crippen LogP contribution in [0.3, 0.4) is 0 Å². The van der Waals surface area contributed by atoms with E-state index in [-0.39, 0.29) is 23.6 Å². The Morgan fingerprint density at radius 2 is 1.92 bits per heavy atom. The monoisotopic (exact) mass is 503 g/mol. The van der Waals surface area contributed by atoms with E-state index in [1.807, 2.05) is 37.3 Å². The van der Waals surface area contributed by atoms with E-state index in [0.717, 1.165) is 29.9 Å². The van der Waals surface area contributed by atoms with E-state index in [2.05, 4.69) is 5.32 Å². The van der Waals surface area contributed by atoms with Gasteiger partial charge in [-0.05, 0) is 55.5 Å². The highest BCUT2D eigenvalue weighted by Crippen LogP contribution is 2.47. The molecule has 3 atom stereocenters. The zero-order valence-electron chi connectivity index (χ0n) is 21.3. The van der Waals surface area contributed by atoms with Gasteiger partial charge in [0.05, 0.1) is 19.3 Å². The number of dihydropyridines is 1. The summed E-state index contributed by atoms with van der Waals surface area (Å²) in [6, 6.07) is 14.6. The number of para-hydroxylation sites is 1. The summed E-state index contributed by atoms with van der Waals surface area (Å²) in [6.45, 7) is 3.08. The lowest BCUT2D eigenvalue weighted by Crippen LogP contribution is -2.36. The second-order valence-corrected chi connectivity index (χ2v) is 9.92. The van der Waals surface area contributed by atoms with E-state index in [4.69, 9.17) is 14.2 Å². The lowest BCUT2D eigenvalue weighted by atomic mass is 9.71. The van der Waals surface area contributed by atoms with Crippen LogP contribution in [0.2, 0.25) is 0 Å². The summed E-state index contributed by atoms with van der Waals surface area (Å²) in [5.74, 6) is -0.292. The Bertz CT molecular complexity index is 1250. The maximum atomic E-state index is 13.8. The van der Waals surface area contributed by atoms with Crippen LogP contribution >= 0.6 is 0 Å². The average Bonchev–Trinajstić information content (AvgIpc) is 3.16. The van der Waals surface area contributed by atoms with Gasteiger partial charge in [0.2, 0.25) is 0 Å². The molecule has 0 bridgehead atoms. The number of hydrogen-bond donors (Lipinski definition) is 2. The number of carbonyl (C=O) groups excluding carboxylic acids is 2. The molecule has 5 rings (SSSR count). The van der Waals surface area contributed by atoms with Gasteiger partial charge in [-0.2, -0.15) is 0 Å². The first-order valence-corrected chi connectivity index (χ1v) is 12.9. The van der Waals surface area contributed by atoms with Gasteiger partial charge in [0, 0.05) is 48.3 Å². The Hall–Kier alpha value is -3.58. The Balaban J connectivity index is 1.53. The number of rotatable bonds is 5. The van der Waals surface area contributed by atoms with Gasteiger partial charge in [0.15, 0.2) is 5.78 Å². The van der Waals surface area contributed by atoms with Crippen LogP contribution in [-0.4, -0.2) is 43.3 Å². The van der Waals surface area contributed by atoms with Gasteiger partial charge >= 0.3 is 5.97 Å². The molecule has 3 unspecified atom stereocenters. The van der Waals surface area contributed by atoms with E-state index in [1.165, 1.54) is 0 Å². The number of phenols is 1. The number of carbonyl (C=O) groups is 2. The largest absolute Gasteiger partial charge is 0.508 e. The van der Waals surface area contributed by atoms with Crippen molar-refractivity contribution in [2.24, 2.45) is 0 Å². The first-order valence-electron chi connectivity index (χ1n) is 12.9. The first kappa shape index (κ1) is 25.1. The van der Waals surface area contributed by atoms with Crippen molar-refractivity contribution in [1.29, 1.82) is 0 Å². The van der Waals surface area contributed by atoms with Crippen LogP contribution in [0.4, 0.5) is 0 Å². The summed E-state index contributed by atoms with van der Waals surface area (Å²) in [6.07, 6.45) is 2.91. The molecule has 2 aromatic rings. The van der Waals surface area contributed by atoms with Crippen molar-refractivity contribution in [2.75, 3.05) is 20.3 Å². The number of allylic oxidation sites excluding steroid dienone is 3. The number of ether oxygens (including phenoxy) is 3. The van der Waals surface area contributed by atoms with Crippen molar-refractivity contribution in [3.63, 3.8) is 0 Å². The number of benzene rings is 2. The quantitative estimate of drug-likeness (QED) is 0.562. The van der Waals surface area contributed by atoms with Crippen LogP contribution < -0.4 is 10.1 Å². The predicted molar refractivity (Wildman–Crippen MR) is 138 cm³/mol. The minimum Gasteiger partial charge on any atom is -0.508 e. The molecular weight excluding hydrogens is 470 g/mol. The van der Waals surface area contributed by atoms with Crippen molar-refractivity contribution >= 4 is 11.8 Å². The van der Waals surface area contributed by atoms with E-state index < -0.39 is 11.9 Å². The van der Waals surface area contributed by atoms with E-state index in [9.17, 15) is 14.7 Å². The van der Waals surface area contributed by atoms with Crippen molar-refractivity contribution in [2.45, 2.75) is 57.0 Å². The molecule has 7 heteroatoms. The second-order valence-electron chi connectivity index (χ2n) is 9.92. The van der Waals surface area contributed by atoms with Gasteiger partial charge in [-0.1, -0.05) is 30.3 Å². The zero-order chi connectivity index (χ0) is 25.9. The highest BCUT2D eigenvalue weighted by atomic mass is 16.5. The number of nitrogens with one attached hydrogen (secondary N) is 1. The molecule has 1 saturated heterocycles. The fourth-order valence-corrected chi connectivity index (χ4v) is 5.78. The molecule has 1 aliphatic carbocycles. The highest BCUT2D eigenvalue weighted by Gasteiger charge is 2.42. The predicted octanol–water partition coefficient (Wildman–Crippen LogP) is 4.87. The van der Waals surface area contributed by atoms with E-state index in [0.29, 0.717) is 54.9 Å². The smallest absolute Gasteiger partial charge is 0.337 e. The van der Waals surface area contributed by atoms with Crippen molar-refractivity contribution in [3.05, 3.63) is 82.2 Å². The normalized spacial score (nSPS) is 24.2. The maximum absolute atomic E-state index is 13.8. The second kappa shape index (κ2) is 10.8. The number of methoxy groups -OCH3 is 1. The molecule has 1 fully saturated rings. The topological polar surface area (TPSA) is 94.1 Å². The summed E-state index contributed by atoms with van der Waals surface area (Å²) in [7, 11) is 1.64. The van der Waals surface area contributed by atoms with Crippen LogP contribution in [0.15, 0.2) is 71.1 Å². The Labute approximate surface area is 217 Å². The summed E-state index contributed by atoms with van der Waals surface area (Å²) in [5.41, 5.74) is 4.13. The van der Waals surface area contributed by atoms with E-state index >= 15 is 0 Å². The molecule has 37 heavy (non-hydrogen) atoms. The lowest BCUT2D eigenvalue weighted by molar-refractivity contribution is -0.145. The number of Topliss-reactive ketones (excluding diaryl/α,β-unsaturated/α-hetero) is 1. The standard InChI is InChI=1S/C30H33NO6/c1-18-27(30(34)37-22-9-6-13-36-14-12-22)28(19-7-5-8-21(32)15-19)29-24(31-18)16-20(17-25(29)33)23-10-3-4-11-26(23)35-2/h3-5,7-8,10-11,15,20,22,28,31-32H,6,9,12-14,16-17H2,1-2H3. The Kier molecular flexibility index (Phi) is 7.33. The number of esters is 1. The van der Waals surface area contributed by atoms with Crippen LogP contribution in [-0.2, 0) is 19.1 Å². The first-order chi connectivity index (χ1) is 18.0.